The van der Waals surface area contributed by atoms with E-state index in [0.717, 1.165) is 89.9 Å². The summed E-state index contributed by atoms with van der Waals surface area (Å²) in [5, 5.41) is 0. The minimum Gasteiger partial charge on any atom is -0.462 e. The van der Waals surface area contributed by atoms with Crippen molar-refractivity contribution in [3.05, 3.63) is 72.9 Å². The molecule has 0 N–H and O–H groups in total. The Balaban J connectivity index is 4.22. The Kier molecular flexibility index (Phi) is 61.7. The lowest BCUT2D eigenvalue weighted by molar-refractivity contribution is -0.167. The largest absolute Gasteiger partial charge is 0.462 e. The predicted molar refractivity (Wildman–Crippen MR) is 330 cm³/mol. The maximum absolute atomic E-state index is 12.9. The number of carbonyl (C=O) groups excluding carboxylic acids is 3. The molecule has 0 aromatic rings. The van der Waals surface area contributed by atoms with Gasteiger partial charge in [-0.3, -0.25) is 14.4 Å². The summed E-state index contributed by atoms with van der Waals surface area (Å²) < 4.78 is 16.9. The SMILES string of the molecule is CCC/C=C\CCCCCCCC(=O)OCC(COC(=O)CCCCCCCCCCCCCC/C=C\C/C=C\C/C=C\CCCCCCC)OC(=O)CCCCCCCCCCC/C=C\C/C=C\CCCCCCC. The monoisotopic (exact) mass is 1060 g/mol. The molecule has 0 heterocycles. The van der Waals surface area contributed by atoms with Gasteiger partial charge in [0.1, 0.15) is 13.2 Å². The van der Waals surface area contributed by atoms with Gasteiger partial charge >= 0.3 is 17.9 Å². The molecule has 6 nitrogen and oxygen atoms in total. The van der Waals surface area contributed by atoms with E-state index in [4.69, 9.17) is 14.2 Å². The molecule has 6 heteroatoms. The summed E-state index contributed by atoms with van der Waals surface area (Å²) in [7, 11) is 0. The molecule has 0 saturated carbocycles. The van der Waals surface area contributed by atoms with Crippen LogP contribution < -0.4 is 0 Å². The van der Waals surface area contributed by atoms with Crippen LogP contribution in [0.15, 0.2) is 72.9 Å². The van der Waals surface area contributed by atoms with Gasteiger partial charge in [0.25, 0.3) is 0 Å². The number of esters is 3. The van der Waals surface area contributed by atoms with E-state index in [2.05, 4.69) is 93.7 Å². The molecular weight excluding hydrogens is 937 g/mol. The molecule has 1 atom stereocenters. The molecule has 0 spiro atoms. The molecule has 0 amide bonds. The fourth-order valence-electron chi connectivity index (χ4n) is 9.43. The van der Waals surface area contributed by atoms with Gasteiger partial charge in [0.05, 0.1) is 0 Å². The first-order valence-electron chi connectivity index (χ1n) is 32.9. The Hall–Kier alpha value is -3.15. The maximum atomic E-state index is 12.9. The normalized spacial score (nSPS) is 12.5. The van der Waals surface area contributed by atoms with Gasteiger partial charge in [-0.2, -0.15) is 0 Å². The minimum absolute atomic E-state index is 0.0792. The number of ether oxygens (including phenoxy) is 3. The van der Waals surface area contributed by atoms with Crippen LogP contribution in [0.25, 0.3) is 0 Å². The van der Waals surface area contributed by atoms with Crippen molar-refractivity contribution in [3.8, 4) is 0 Å². The average molecular weight is 1060 g/mol. The lowest BCUT2D eigenvalue weighted by Crippen LogP contribution is -2.30. The third kappa shape index (κ3) is 61.7. The molecule has 0 fully saturated rings. The number of hydrogen-bond acceptors (Lipinski definition) is 6. The Morgan fingerprint density at radius 2 is 0.500 bits per heavy atom. The van der Waals surface area contributed by atoms with Crippen LogP contribution in [-0.2, 0) is 28.6 Å². The van der Waals surface area contributed by atoms with Gasteiger partial charge < -0.3 is 14.2 Å². The molecule has 0 radical (unpaired) electrons. The Labute approximate surface area is 472 Å². The highest BCUT2D eigenvalue weighted by Crippen LogP contribution is 2.16. The van der Waals surface area contributed by atoms with Crippen LogP contribution >= 0.6 is 0 Å². The van der Waals surface area contributed by atoms with Crippen LogP contribution in [0.2, 0.25) is 0 Å². The molecule has 0 aromatic carbocycles. The van der Waals surface area contributed by atoms with Crippen molar-refractivity contribution < 1.29 is 28.6 Å². The number of hydrogen-bond donors (Lipinski definition) is 0. The predicted octanol–water partition coefficient (Wildman–Crippen LogP) is 22.5. The van der Waals surface area contributed by atoms with Crippen LogP contribution in [0.4, 0.5) is 0 Å². The quantitative estimate of drug-likeness (QED) is 0.0261. The highest BCUT2D eigenvalue weighted by atomic mass is 16.6. The Morgan fingerprint density at radius 3 is 0.803 bits per heavy atom. The first kappa shape index (κ1) is 72.8. The van der Waals surface area contributed by atoms with Crippen molar-refractivity contribution in [3.63, 3.8) is 0 Å². The molecule has 0 saturated heterocycles. The van der Waals surface area contributed by atoms with Crippen molar-refractivity contribution in [2.75, 3.05) is 13.2 Å². The minimum atomic E-state index is -0.782. The van der Waals surface area contributed by atoms with E-state index < -0.39 is 6.10 Å². The van der Waals surface area contributed by atoms with E-state index >= 15 is 0 Å². The summed E-state index contributed by atoms with van der Waals surface area (Å²) in [6.07, 6.45) is 83.5. The molecule has 440 valence electrons. The summed E-state index contributed by atoms with van der Waals surface area (Å²) in [5.74, 6) is -0.883. The molecule has 0 aliphatic carbocycles. The second-order valence-electron chi connectivity index (χ2n) is 22.0. The van der Waals surface area contributed by atoms with Crippen molar-refractivity contribution >= 4 is 17.9 Å². The summed E-state index contributed by atoms with van der Waals surface area (Å²) in [6, 6.07) is 0. The molecule has 0 rings (SSSR count). The molecule has 0 aliphatic rings. The van der Waals surface area contributed by atoms with E-state index in [-0.39, 0.29) is 31.1 Å². The smallest absolute Gasteiger partial charge is 0.306 e. The Morgan fingerprint density at radius 1 is 0.263 bits per heavy atom. The number of rotatable bonds is 60. The van der Waals surface area contributed by atoms with Crippen molar-refractivity contribution in [2.45, 2.75) is 341 Å². The summed E-state index contributed by atoms with van der Waals surface area (Å²) in [5.41, 5.74) is 0. The number of allylic oxidation sites excluding steroid dienone is 12. The first-order valence-corrected chi connectivity index (χ1v) is 32.9. The molecule has 1 unspecified atom stereocenters. The van der Waals surface area contributed by atoms with E-state index in [0.29, 0.717) is 19.3 Å². The lowest BCUT2D eigenvalue weighted by Gasteiger charge is -2.18. The van der Waals surface area contributed by atoms with Gasteiger partial charge in [0, 0.05) is 19.3 Å². The zero-order valence-corrected chi connectivity index (χ0v) is 50.5. The van der Waals surface area contributed by atoms with Crippen LogP contribution in [0.5, 0.6) is 0 Å². The van der Waals surface area contributed by atoms with Crippen molar-refractivity contribution in [1.82, 2.24) is 0 Å². The van der Waals surface area contributed by atoms with Crippen LogP contribution in [0.3, 0.4) is 0 Å². The van der Waals surface area contributed by atoms with Gasteiger partial charge in [0.15, 0.2) is 6.10 Å². The van der Waals surface area contributed by atoms with Crippen LogP contribution in [0.1, 0.15) is 335 Å². The standard InChI is InChI=1S/C70H124O6/c1-4-7-10-13-16-19-22-24-26-28-30-32-33-34-35-36-37-39-40-42-44-46-48-51-54-57-60-63-69(72)75-66-67(65-74-68(71)62-59-56-53-50-21-18-15-12-9-6-3)76-70(73)64-61-58-55-52-49-47-45-43-41-38-31-29-27-25-23-20-17-14-11-8-5-2/h12,15,22-25,28-31,33-34,67H,4-11,13-14,16-21,26-27,32,35-66H2,1-3H3/b15-12-,24-22-,25-23-,30-28-,31-29-,34-33-. The topological polar surface area (TPSA) is 78.9 Å². The summed E-state index contributed by atoms with van der Waals surface area (Å²) in [4.78, 5) is 38.2. The second-order valence-corrected chi connectivity index (χ2v) is 22.0. The lowest BCUT2D eigenvalue weighted by atomic mass is 10.0. The van der Waals surface area contributed by atoms with E-state index in [1.54, 1.807) is 0 Å². The average Bonchev–Trinajstić information content (AvgIpc) is 3.42. The molecule has 76 heavy (non-hydrogen) atoms. The summed E-state index contributed by atoms with van der Waals surface area (Å²) >= 11 is 0. The summed E-state index contributed by atoms with van der Waals surface area (Å²) in [6.45, 7) is 6.58. The van der Waals surface area contributed by atoms with Gasteiger partial charge in [-0.15, -0.1) is 0 Å². The Bertz CT molecular complexity index is 1400. The zero-order chi connectivity index (χ0) is 55.0. The highest BCUT2D eigenvalue weighted by molar-refractivity contribution is 5.71. The number of unbranched alkanes of at least 4 members (excludes halogenated alkanes) is 37. The zero-order valence-electron chi connectivity index (χ0n) is 50.5. The van der Waals surface area contributed by atoms with E-state index in [1.165, 1.54) is 205 Å². The van der Waals surface area contributed by atoms with Gasteiger partial charge in [-0.25, -0.2) is 0 Å². The third-order valence-corrected chi connectivity index (χ3v) is 14.4. The molecule has 0 aliphatic heterocycles. The number of carbonyl (C=O) groups is 3. The van der Waals surface area contributed by atoms with Crippen LogP contribution in [-0.4, -0.2) is 37.2 Å². The van der Waals surface area contributed by atoms with Gasteiger partial charge in [0.2, 0.25) is 0 Å². The van der Waals surface area contributed by atoms with Gasteiger partial charge in [-0.05, 0) is 109 Å². The van der Waals surface area contributed by atoms with E-state index in [1.807, 2.05) is 0 Å². The van der Waals surface area contributed by atoms with Crippen molar-refractivity contribution in [2.24, 2.45) is 0 Å². The van der Waals surface area contributed by atoms with Crippen LogP contribution in [0, 0.1) is 0 Å². The fourth-order valence-corrected chi connectivity index (χ4v) is 9.43. The maximum Gasteiger partial charge on any atom is 0.306 e. The first-order chi connectivity index (χ1) is 37.5. The molecule has 0 bridgehead atoms. The molecular formula is C70H124O6. The highest BCUT2D eigenvalue weighted by Gasteiger charge is 2.19. The molecule has 0 aromatic heterocycles. The van der Waals surface area contributed by atoms with Gasteiger partial charge in [-0.1, -0.05) is 280 Å². The van der Waals surface area contributed by atoms with Crippen molar-refractivity contribution in [1.29, 1.82) is 0 Å². The van der Waals surface area contributed by atoms with E-state index in [9.17, 15) is 14.4 Å². The fraction of sp³-hybridized carbons (Fsp3) is 0.786. The second kappa shape index (κ2) is 64.4. The third-order valence-electron chi connectivity index (χ3n) is 14.4.